The molecule has 134 valence electrons. The number of benzene rings is 2. The molecule has 8 heteroatoms. The number of hydrogen-bond acceptors (Lipinski definition) is 6. The number of nitro groups is 1. The highest BCUT2D eigenvalue weighted by Gasteiger charge is 2.14. The SMILES string of the molecule is Cc1ccc(-c2csc(/C(C#N)=C\Nc3ccc(F)c([N+](=O)[O-])c3)n2)cc1. The van der Waals surface area contributed by atoms with Crippen LogP contribution in [0.1, 0.15) is 10.6 Å². The summed E-state index contributed by atoms with van der Waals surface area (Å²) in [6.45, 7) is 2.00. The van der Waals surface area contributed by atoms with Crippen LogP contribution in [0.3, 0.4) is 0 Å². The molecule has 0 aliphatic carbocycles. The lowest BCUT2D eigenvalue weighted by atomic mass is 10.1. The smallest absolute Gasteiger partial charge is 0.306 e. The van der Waals surface area contributed by atoms with Crippen molar-refractivity contribution in [3.8, 4) is 17.3 Å². The van der Waals surface area contributed by atoms with Crippen LogP contribution < -0.4 is 5.32 Å². The van der Waals surface area contributed by atoms with Gasteiger partial charge < -0.3 is 5.32 Å². The minimum absolute atomic E-state index is 0.269. The Kier molecular flexibility index (Phi) is 5.24. The molecule has 0 aliphatic heterocycles. The summed E-state index contributed by atoms with van der Waals surface area (Å²) < 4.78 is 13.4. The van der Waals surface area contributed by atoms with Gasteiger partial charge in [-0.2, -0.15) is 9.65 Å². The maximum atomic E-state index is 13.4. The molecule has 2 aromatic carbocycles. The average Bonchev–Trinajstić information content (AvgIpc) is 3.14. The first-order chi connectivity index (χ1) is 13.0. The molecule has 0 saturated heterocycles. The summed E-state index contributed by atoms with van der Waals surface area (Å²) in [7, 11) is 0. The van der Waals surface area contributed by atoms with Gasteiger partial charge in [-0.1, -0.05) is 29.8 Å². The van der Waals surface area contributed by atoms with E-state index in [1.165, 1.54) is 23.6 Å². The van der Waals surface area contributed by atoms with Crippen molar-refractivity contribution in [3.05, 3.63) is 80.5 Å². The number of nitro benzene ring substituents is 1. The second kappa shape index (κ2) is 7.76. The van der Waals surface area contributed by atoms with Crippen molar-refractivity contribution < 1.29 is 9.31 Å². The van der Waals surface area contributed by atoms with Gasteiger partial charge in [-0.3, -0.25) is 10.1 Å². The van der Waals surface area contributed by atoms with E-state index in [-0.39, 0.29) is 5.57 Å². The zero-order valence-corrected chi connectivity index (χ0v) is 15.0. The molecule has 0 aliphatic rings. The summed E-state index contributed by atoms with van der Waals surface area (Å²) in [5.74, 6) is -0.919. The zero-order chi connectivity index (χ0) is 19.4. The van der Waals surface area contributed by atoms with Crippen molar-refractivity contribution >= 4 is 28.3 Å². The molecule has 0 fully saturated rings. The molecule has 0 radical (unpaired) electrons. The van der Waals surface area contributed by atoms with Gasteiger partial charge in [-0.25, -0.2) is 4.98 Å². The summed E-state index contributed by atoms with van der Waals surface area (Å²) in [5.41, 5.74) is 2.78. The molecule has 0 saturated carbocycles. The number of rotatable bonds is 5. The molecule has 1 N–H and O–H groups in total. The standard InChI is InChI=1S/C19H13FN4O2S/c1-12-2-4-13(5-3-12)17-11-27-19(23-17)14(9-21)10-22-15-6-7-16(20)18(8-15)24(25)26/h2-8,10-11,22H,1H3/b14-10-. The molecule has 1 heterocycles. The Hall–Kier alpha value is -3.57. The van der Waals surface area contributed by atoms with E-state index in [0.29, 0.717) is 10.7 Å². The highest BCUT2D eigenvalue weighted by Crippen LogP contribution is 2.27. The van der Waals surface area contributed by atoms with Crippen molar-refractivity contribution in [2.24, 2.45) is 0 Å². The monoisotopic (exact) mass is 380 g/mol. The van der Waals surface area contributed by atoms with Gasteiger partial charge >= 0.3 is 5.69 Å². The number of hydrogen-bond donors (Lipinski definition) is 1. The minimum Gasteiger partial charge on any atom is -0.360 e. The summed E-state index contributed by atoms with van der Waals surface area (Å²) >= 11 is 1.32. The van der Waals surface area contributed by atoms with Gasteiger partial charge in [0.1, 0.15) is 16.6 Å². The van der Waals surface area contributed by atoms with Gasteiger partial charge in [0.05, 0.1) is 10.6 Å². The van der Waals surface area contributed by atoms with Crippen molar-refractivity contribution in [1.29, 1.82) is 5.26 Å². The highest BCUT2D eigenvalue weighted by molar-refractivity contribution is 7.11. The van der Waals surface area contributed by atoms with Crippen LogP contribution in [0.2, 0.25) is 0 Å². The van der Waals surface area contributed by atoms with E-state index in [2.05, 4.69) is 10.3 Å². The van der Waals surface area contributed by atoms with E-state index >= 15 is 0 Å². The van der Waals surface area contributed by atoms with Gasteiger partial charge in [0.15, 0.2) is 0 Å². The summed E-state index contributed by atoms with van der Waals surface area (Å²) in [6.07, 6.45) is 1.40. The number of nitrogens with one attached hydrogen (secondary N) is 1. The molecule has 0 bridgehead atoms. The van der Waals surface area contributed by atoms with E-state index < -0.39 is 16.4 Å². The fourth-order valence-electron chi connectivity index (χ4n) is 2.29. The largest absolute Gasteiger partial charge is 0.360 e. The third-order valence-electron chi connectivity index (χ3n) is 3.73. The molecule has 0 amide bonds. The van der Waals surface area contributed by atoms with E-state index in [1.54, 1.807) is 0 Å². The van der Waals surface area contributed by atoms with Crippen molar-refractivity contribution in [2.75, 3.05) is 5.32 Å². The zero-order valence-electron chi connectivity index (χ0n) is 14.1. The van der Waals surface area contributed by atoms with Crippen molar-refractivity contribution in [2.45, 2.75) is 6.92 Å². The fraction of sp³-hybridized carbons (Fsp3) is 0.0526. The number of aryl methyl sites for hydroxylation is 1. The first-order valence-corrected chi connectivity index (χ1v) is 8.69. The number of thiazole rings is 1. The van der Waals surface area contributed by atoms with Crippen LogP contribution in [0.4, 0.5) is 15.8 Å². The Morgan fingerprint density at radius 1 is 1.33 bits per heavy atom. The summed E-state index contributed by atoms with van der Waals surface area (Å²) in [4.78, 5) is 14.5. The first-order valence-electron chi connectivity index (χ1n) is 7.81. The van der Waals surface area contributed by atoms with Gasteiger partial charge in [-0.15, -0.1) is 11.3 Å². The van der Waals surface area contributed by atoms with E-state index in [4.69, 9.17) is 0 Å². The Bertz CT molecular complexity index is 1070. The van der Waals surface area contributed by atoms with Gasteiger partial charge in [-0.05, 0) is 19.1 Å². The Morgan fingerprint density at radius 3 is 2.74 bits per heavy atom. The molecule has 1 aromatic heterocycles. The number of aromatic nitrogens is 1. The van der Waals surface area contributed by atoms with Crippen LogP contribution in [-0.4, -0.2) is 9.91 Å². The minimum atomic E-state index is -0.919. The maximum Gasteiger partial charge on any atom is 0.306 e. The van der Waals surface area contributed by atoms with Gasteiger partial charge in [0.25, 0.3) is 0 Å². The normalized spacial score (nSPS) is 11.1. The van der Waals surface area contributed by atoms with Crippen LogP contribution in [0.5, 0.6) is 0 Å². The topological polar surface area (TPSA) is 91.8 Å². The molecule has 27 heavy (non-hydrogen) atoms. The second-order valence-corrected chi connectivity index (χ2v) is 6.50. The predicted octanol–water partition coefficient (Wildman–Crippen LogP) is 5.14. The number of halogens is 1. The summed E-state index contributed by atoms with van der Waals surface area (Å²) in [6, 6.07) is 13.4. The molecular weight excluding hydrogens is 367 g/mol. The van der Waals surface area contributed by atoms with Gasteiger partial charge in [0, 0.05) is 28.9 Å². The van der Waals surface area contributed by atoms with Crippen molar-refractivity contribution in [3.63, 3.8) is 0 Å². The van der Waals surface area contributed by atoms with Crippen LogP contribution in [0.25, 0.3) is 16.8 Å². The van der Waals surface area contributed by atoms with Crippen LogP contribution in [0, 0.1) is 34.2 Å². The molecule has 3 aromatic rings. The first kappa shape index (κ1) is 18.2. The van der Waals surface area contributed by atoms with E-state index in [1.807, 2.05) is 42.6 Å². The molecular formula is C19H13FN4O2S. The van der Waals surface area contributed by atoms with Crippen molar-refractivity contribution in [1.82, 2.24) is 4.98 Å². The quantitative estimate of drug-likeness (QED) is 0.376. The summed E-state index contributed by atoms with van der Waals surface area (Å²) in [5, 5.41) is 25.4. The fourth-order valence-corrected chi connectivity index (χ4v) is 3.09. The Morgan fingerprint density at radius 2 is 2.07 bits per heavy atom. The van der Waals surface area contributed by atoms with E-state index in [0.717, 1.165) is 29.0 Å². The van der Waals surface area contributed by atoms with Gasteiger partial charge in [0.2, 0.25) is 5.82 Å². The maximum absolute atomic E-state index is 13.4. The number of nitrogens with zero attached hydrogens (tertiary/aromatic N) is 3. The molecule has 3 rings (SSSR count). The van der Waals surface area contributed by atoms with E-state index in [9.17, 15) is 19.8 Å². The van der Waals surface area contributed by atoms with Crippen LogP contribution >= 0.6 is 11.3 Å². The number of allylic oxidation sites excluding steroid dienone is 1. The molecule has 0 spiro atoms. The third-order valence-corrected chi connectivity index (χ3v) is 4.60. The molecule has 0 atom stereocenters. The predicted molar refractivity (Wildman–Crippen MR) is 103 cm³/mol. The number of anilines is 1. The number of nitriles is 1. The van der Waals surface area contributed by atoms with Crippen LogP contribution in [-0.2, 0) is 0 Å². The second-order valence-electron chi connectivity index (χ2n) is 5.64. The lowest BCUT2D eigenvalue weighted by Crippen LogP contribution is -1.96. The lowest BCUT2D eigenvalue weighted by molar-refractivity contribution is -0.387. The lowest BCUT2D eigenvalue weighted by Gasteiger charge is -2.02. The molecule has 0 unspecified atom stereocenters. The Balaban J connectivity index is 1.83. The average molecular weight is 380 g/mol. The molecule has 6 nitrogen and oxygen atoms in total. The third kappa shape index (κ3) is 4.16. The highest BCUT2D eigenvalue weighted by atomic mass is 32.1. The Labute approximate surface area is 158 Å². The van der Waals surface area contributed by atoms with Crippen LogP contribution in [0.15, 0.2) is 54.0 Å².